The van der Waals surface area contributed by atoms with Crippen LogP contribution in [0.3, 0.4) is 0 Å². The molecule has 0 aliphatic carbocycles. The molecule has 3 nitrogen and oxygen atoms in total. The molecule has 3 aromatic rings. The summed E-state index contributed by atoms with van der Waals surface area (Å²) in [4.78, 5) is 15.7. The van der Waals surface area contributed by atoms with E-state index in [1.807, 2.05) is 25.1 Å². The summed E-state index contributed by atoms with van der Waals surface area (Å²) in [6.45, 7) is 3.55. The van der Waals surface area contributed by atoms with Crippen molar-refractivity contribution in [3.63, 3.8) is 0 Å². The molecule has 3 rings (SSSR count). The van der Waals surface area contributed by atoms with Gasteiger partial charge in [-0.15, -0.1) is 0 Å². The Balaban J connectivity index is 2.15. The van der Waals surface area contributed by atoms with E-state index in [9.17, 15) is 9.18 Å². The van der Waals surface area contributed by atoms with Gasteiger partial charge in [0.2, 0.25) is 0 Å². The Kier molecular flexibility index (Phi) is 3.01. The molecule has 0 bridgehead atoms. The van der Waals surface area contributed by atoms with E-state index < -0.39 is 5.82 Å². The number of carbonyl (C=O) groups is 1. The number of nitrogens with two attached hydrogens (primary N) is 1. The normalized spacial score (nSPS) is 11.0. The third-order valence-corrected chi connectivity index (χ3v) is 3.73. The summed E-state index contributed by atoms with van der Waals surface area (Å²) in [5.41, 5.74) is 9.12. The first-order valence-electron chi connectivity index (χ1n) is 6.65. The number of hydrogen-bond donors (Lipinski definition) is 2. The molecule has 0 aliphatic rings. The molecule has 4 heteroatoms. The van der Waals surface area contributed by atoms with Crippen LogP contribution in [0.5, 0.6) is 0 Å². The number of anilines is 1. The summed E-state index contributed by atoms with van der Waals surface area (Å²) in [6.07, 6.45) is 1.65. The van der Waals surface area contributed by atoms with Gasteiger partial charge in [0.25, 0.3) is 0 Å². The molecule has 106 valence electrons. The zero-order chi connectivity index (χ0) is 15.1. The van der Waals surface area contributed by atoms with E-state index >= 15 is 0 Å². The lowest BCUT2D eigenvalue weighted by molar-refractivity contribution is 0.104. The second-order valence-electron chi connectivity index (χ2n) is 5.25. The molecule has 2 aromatic carbocycles. The summed E-state index contributed by atoms with van der Waals surface area (Å²) in [7, 11) is 0. The van der Waals surface area contributed by atoms with Crippen LogP contribution in [0.25, 0.3) is 10.9 Å². The highest BCUT2D eigenvalue weighted by Gasteiger charge is 2.16. The van der Waals surface area contributed by atoms with E-state index in [2.05, 4.69) is 4.98 Å². The van der Waals surface area contributed by atoms with Crippen LogP contribution < -0.4 is 5.73 Å². The summed E-state index contributed by atoms with van der Waals surface area (Å²) >= 11 is 0. The molecule has 0 fully saturated rings. The van der Waals surface area contributed by atoms with Crippen molar-refractivity contribution in [1.82, 2.24) is 4.98 Å². The van der Waals surface area contributed by atoms with Crippen LogP contribution in [0.1, 0.15) is 27.0 Å². The number of rotatable bonds is 2. The standard InChI is InChI=1S/C17H15FN2O/c1-9-3-4-16-12(5-9)13(8-20-16)17(21)11-6-14(18)10(2)15(19)7-11/h3-8,20H,19H2,1-2H3. The van der Waals surface area contributed by atoms with Crippen LogP contribution in [0, 0.1) is 19.7 Å². The maximum atomic E-state index is 13.8. The predicted molar refractivity (Wildman–Crippen MR) is 82.0 cm³/mol. The van der Waals surface area contributed by atoms with Gasteiger partial charge in [-0.25, -0.2) is 4.39 Å². The van der Waals surface area contributed by atoms with Gasteiger partial charge < -0.3 is 10.7 Å². The molecule has 1 heterocycles. The van der Waals surface area contributed by atoms with Crippen LogP contribution in [-0.4, -0.2) is 10.8 Å². The Morgan fingerprint density at radius 1 is 1.19 bits per heavy atom. The average molecular weight is 282 g/mol. The molecule has 3 N–H and O–H groups in total. The van der Waals surface area contributed by atoms with Gasteiger partial charge in [0, 0.05) is 39.5 Å². The summed E-state index contributed by atoms with van der Waals surface area (Å²) in [5.74, 6) is -0.702. The number of hydrogen-bond acceptors (Lipinski definition) is 2. The number of nitrogens with one attached hydrogen (secondary N) is 1. The first-order valence-corrected chi connectivity index (χ1v) is 6.65. The zero-order valence-corrected chi connectivity index (χ0v) is 11.8. The molecule has 0 atom stereocenters. The quantitative estimate of drug-likeness (QED) is 0.555. The van der Waals surface area contributed by atoms with Crippen LogP contribution in [0.4, 0.5) is 10.1 Å². The number of fused-ring (bicyclic) bond motifs is 1. The zero-order valence-electron chi connectivity index (χ0n) is 11.8. The van der Waals surface area contributed by atoms with Gasteiger partial charge in [-0.05, 0) is 38.1 Å². The second kappa shape index (κ2) is 4.74. The number of carbonyl (C=O) groups excluding carboxylic acids is 1. The summed E-state index contributed by atoms with van der Waals surface area (Å²) in [6, 6.07) is 8.59. The van der Waals surface area contributed by atoms with Crippen molar-refractivity contribution < 1.29 is 9.18 Å². The fraction of sp³-hybridized carbons (Fsp3) is 0.118. The molecule has 0 saturated carbocycles. The van der Waals surface area contributed by atoms with E-state index in [-0.39, 0.29) is 17.0 Å². The Labute approximate surface area is 121 Å². The third kappa shape index (κ3) is 2.18. The smallest absolute Gasteiger partial charge is 0.195 e. The minimum Gasteiger partial charge on any atom is -0.398 e. The van der Waals surface area contributed by atoms with Gasteiger partial charge in [-0.1, -0.05) is 11.6 Å². The number of halogens is 1. The van der Waals surface area contributed by atoms with Crippen LogP contribution in [0.2, 0.25) is 0 Å². The minimum atomic E-state index is -0.464. The lowest BCUT2D eigenvalue weighted by Crippen LogP contribution is -2.04. The molecule has 0 amide bonds. The minimum absolute atomic E-state index is 0.238. The van der Waals surface area contributed by atoms with Crippen LogP contribution in [0.15, 0.2) is 36.5 Å². The summed E-state index contributed by atoms with van der Waals surface area (Å²) < 4.78 is 13.8. The van der Waals surface area contributed by atoms with Crippen molar-refractivity contribution >= 4 is 22.4 Å². The molecular weight excluding hydrogens is 267 g/mol. The highest BCUT2D eigenvalue weighted by atomic mass is 19.1. The molecule has 0 saturated heterocycles. The average Bonchev–Trinajstić information content (AvgIpc) is 2.86. The lowest BCUT2D eigenvalue weighted by Gasteiger charge is -2.06. The maximum Gasteiger partial charge on any atom is 0.195 e. The Bertz CT molecular complexity index is 841. The number of aryl methyl sites for hydroxylation is 1. The number of nitrogen functional groups attached to an aromatic ring is 1. The number of aromatic nitrogens is 1. The number of benzene rings is 2. The van der Waals surface area contributed by atoms with Gasteiger partial charge in [-0.3, -0.25) is 4.79 Å². The highest BCUT2D eigenvalue weighted by Crippen LogP contribution is 2.25. The monoisotopic (exact) mass is 282 g/mol. The fourth-order valence-corrected chi connectivity index (χ4v) is 2.41. The van der Waals surface area contributed by atoms with Crippen molar-refractivity contribution in [2.45, 2.75) is 13.8 Å². The maximum absolute atomic E-state index is 13.8. The van der Waals surface area contributed by atoms with E-state index in [0.29, 0.717) is 11.1 Å². The second-order valence-corrected chi connectivity index (χ2v) is 5.25. The van der Waals surface area contributed by atoms with E-state index in [1.165, 1.54) is 12.1 Å². The van der Waals surface area contributed by atoms with Gasteiger partial charge in [-0.2, -0.15) is 0 Å². The first kappa shape index (κ1) is 13.4. The highest BCUT2D eigenvalue weighted by molar-refractivity contribution is 6.16. The summed E-state index contributed by atoms with van der Waals surface area (Å²) in [5, 5.41) is 0.833. The molecule has 1 aromatic heterocycles. The first-order chi connectivity index (χ1) is 9.97. The lowest BCUT2D eigenvalue weighted by atomic mass is 9.99. The molecule has 0 aliphatic heterocycles. The largest absolute Gasteiger partial charge is 0.398 e. The number of aromatic amines is 1. The predicted octanol–water partition coefficient (Wildman–Crippen LogP) is 3.74. The third-order valence-electron chi connectivity index (χ3n) is 3.73. The van der Waals surface area contributed by atoms with Crippen LogP contribution in [-0.2, 0) is 0 Å². The Morgan fingerprint density at radius 3 is 2.67 bits per heavy atom. The molecule has 0 spiro atoms. The Hall–Kier alpha value is -2.62. The SMILES string of the molecule is Cc1ccc2[nH]cc(C(=O)c3cc(N)c(C)c(F)c3)c2c1. The van der Waals surface area contributed by atoms with Crippen molar-refractivity contribution in [2.75, 3.05) is 5.73 Å². The molecule has 0 unspecified atom stereocenters. The van der Waals surface area contributed by atoms with Crippen molar-refractivity contribution in [2.24, 2.45) is 0 Å². The van der Waals surface area contributed by atoms with Gasteiger partial charge in [0.1, 0.15) is 5.82 Å². The number of H-pyrrole nitrogens is 1. The van der Waals surface area contributed by atoms with Crippen LogP contribution >= 0.6 is 0 Å². The van der Waals surface area contributed by atoms with Crippen molar-refractivity contribution in [3.8, 4) is 0 Å². The fourth-order valence-electron chi connectivity index (χ4n) is 2.41. The van der Waals surface area contributed by atoms with E-state index in [4.69, 9.17) is 5.73 Å². The topological polar surface area (TPSA) is 58.9 Å². The van der Waals surface area contributed by atoms with Crippen molar-refractivity contribution in [1.29, 1.82) is 0 Å². The molecular formula is C17H15FN2O. The Morgan fingerprint density at radius 2 is 1.95 bits per heavy atom. The van der Waals surface area contributed by atoms with Crippen molar-refractivity contribution in [3.05, 3.63) is 64.6 Å². The van der Waals surface area contributed by atoms with E-state index in [1.54, 1.807) is 13.1 Å². The molecule has 0 radical (unpaired) electrons. The van der Waals surface area contributed by atoms with Gasteiger partial charge >= 0.3 is 0 Å². The van der Waals surface area contributed by atoms with E-state index in [0.717, 1.165) is 16.5 Å². The molecule has 21 heavy (non-hydrogen) atoms. The van der Waals surface area contributed by atoms with Gasteiger partial charge in [0.05, 0.1) is 0 Å². The number of ketones is 1. The van der Waals surface area contributed by atoms with Gasteiger partial charge in [0.15, 0.2) is 5.78 Å².